The molecule has 3 fully saturated rings. The number of hydrogen-bond donors (Lipinski definition) is 7. The van der Waals surface area contributed by atoms with Crippen molar-refractivity contribution in [3.63, 3.8) is 0 Å². The van der Waals surface area contributed by atoms with Crippen molar-refractivity contribution < 1.29 is 53.7 Å². The molecular weight excluding hydrogens is 1510 g/mol. The van der Waals surface area contributed by atoms with Crippen molar-refractivity contribution in [2.45, 2.75) is 189 Å². The van der Waals surface area contributed by atoms with Crippen LogP contribution in [-0.4, -0.2) is 165 Å². The number of thiazole rings is 3. The Morgan fingerprint density at radius 2 is 1.06 bits per heavy atom. The number of likely N-dealkylation sites (tertiary alicyclic amines) is 3. The Balaban J connectivity index is 0.000000168. The molecule has 7 N–H and O–H groups in total. The minimum Gasteiger partial charge on any atom is -0.391 e. The zero-order valence-corrected chi connectivity index (χ0v) is 68.9. The summed E-state index contributed by atoms with van der Waals surface area (Å²) in [5.41, 5.74) is 17.8. The first-order valence-corrected chi connectivity index (χ1v) is 41.2. The van der Waals surface area contributed by atoms with Crippen LogP contribution in [0.15, 0.2) is 156 Å². The largest absolute Gasteiger partial charge is 0.391 e. The maximum Gasteiger partial charge on any atom is 0.255 e. The van der Waals surface area contributed by atoms with Gasteiger partial charge in [-0.25, -0.2) is 15.0 Å². The van der Waals surface area contributed by atoms with Crippen LogP contribution in [0.3, 0.4) is 0 Å². The van der Waals surface area contributed by atoms with E-state index in [0.717, 1.165) is 87.3 Å². The average Bonchev–Trinajstić information content (AvgIpc) is 1.49. The van der Waals surface area contributed by atoms with Gasteiger partial charge in [0.2, 0.25) is 35.4 Å². The van der Waals surface area contributed by atoms with Gasteiger partial charge in [0.25, 0.3) is 11.8 Å². The van der Waals surface area contributed by atoms with Crippen molar-refractivity contribution in [2.24, 2.45) is 11.3 Å². The molecule has 26 heteroatoms. The van der Waals surface area contributed by atoms with Gasteiger partial charge >= 0.3 is 0 Å². The molecule has 7 heterocycles. The third-order valence-corrected chi connectivity index (χ3v) is 24.4. The molecule has 13 rings (SSSR count). The summed E-state index contributed by atoms with van der Waals surface area (Å²) in [5, 5.41) is 43.6. The summed E-state index contributed by atoms with van der Waals surface area (Å²) in [6.07, 6.45) is -0.582. The third-order valence-electron chi connectivity index (χ3n) is 21.3. The molecule has 0 aliphatic carbocycles. The molecule has 0 radical (unpaired) electrons. The Morgan fingerprint density at radius 1 is 0.584 bits per heavy atom. The third kappa shape index (κ3) is 20.2. The summed E-state index contributed by atoms with van der Waals surface area (Å²) in [6.45, 7) is 22.6. The fourth-order valence-electron chi connectivity index (χ4n) is 15.2. The number of aryl methyl sites for hydroxylation is 6. The van der Waals surface area contributed by atoms with Crippen LogP contribution in [0, 0.1) is 46.0 Å². The van der Waals surface area contributed by atoms with Crippen molar-refractivity contribution in [3.05, 3.63) is 228 Å². The van der Waals surface area contributed by atoms with E-state index >= 15 is 0 Å². The Hall–Kier alpha value is -9.86. The Kier molecular flexibility index (Phi) is 27.5. The number of carbonyl (C=O) groups excluding carboxylic acids is 8. The maximum absolute atomic E-state index is 13.9. The highest BCUT2D eigenvalue weighted by atomic mass is 35.5. The minimum atomic E-state index is -1.07. The monoisotopic (exact) mass is 1610 g/mol. The number of nitrogens with one attached hydrogen (secondary N) is 4. The standard InChI is InChI=1S/C32H40N4O4S.C29H31ClN4O4S.C26H29N3O3S/c1-20-7-6-8-22(15-20)11-14-27(38)35-29(32(3,4)5)31(40)36-18-25(37)16-26(36)30(39)33-17-23-9-12-24(13-10-23)28-21(2)34-19-41-28;1-16(2)25(34-13-20-10-21(30)8-9-23(20)28(34)37)29(38)33-14-22(35)11-24(33)27(36)31-12-18-4-6-19(7-5-18)26-17(3)32-15-39-26;1-4-26(13-22(30)15-29(26)24(31)21-7-5-6-17(2)12-21)25(32)27-14-19-8-10-20(11-9-19)23-18(3)28-16-33-23/h6-10,12-13,15,19,25-26,29,37H,11,14,16-18H2,1-5H3,(H,33,39)(H,35,38);4-10,15-16,22,24-25,35H,11-14H2,1-3H3,(H,31,36);5-12,16,22,30H,4,13-15H2,1-3H3,(H,27,32)/t25-,26+,29-;22-,24+,25+;22-,26?/m111/s1. The SMILES string of the molecule is CCC1(C(=O)NCc2ccc(-c3scnc3C)cc2)C[C@@H](O)CN1C(=O)c1cccc(C)c1.Cc1cccc(CCC(=O)N[C@H](C(=O)N2C[C@H](O)C[C@H]2C(=O)NCc2ccc(-c3scnc3C)cc2)C(C)(C)C)c1.Cc1ncsc1-c1ccc(CNC(=O)[C@@H]2C[C@@H](O)CN2C(=O)[C@H](C(C)C)N2Cc3cc(Cl)ccc3C2=O)cc1. The van der Waals surface area contributed by atoms with Crippen LogP contribution >= 0.6 is 45.6 Å². The van der Waals surface area contributed by atoms with Crippen LogP contribution in [0.5, 0.6) is 0 Å². The van der Waals surface area contributed by atoms with Gasteiger partial charge in [0.1, 0.15) is 29.7 Å². The smallest absolute Gasteiger partial charge is 0.255 e. The van der Waals surface area contributed by atoms with Gasteiger partial charge in [-0.05, 0) is 134 Å². The molecule has 0 saturated carbocycles. The molecule has 8 atom stereocenters. The average molecular weight is 1610 g/mol. The van der Waals surface area contributed by atoms with Crippen LogP contribution in [-0.2, 0) is 61.4 Å². The molecule has 1 unspecified atom stereocenters. The van der Waals surface area contributed by atoms with E-state index in [-0.39, 0.29) is 105 Å². The second-order valence-electron chi connectivity index (χ2n) is 31.1. The molecule has 4 aliphatic rings. The van der Waals surface area contributed by atoms with Gasteiger partial charge in [-0.3, -0.25) is 38.4 Å². The molecule has 6 aromatic carbocycles. The lowest BCUT2D eigenvalue weighted by Gasteiger charge is -2.36. The van der Waals surface area contributed by atoms with Crippen LogP contribution in [0.25, 0.3) is 31.3 Å². The second kappa shape index (κ2) is 37.0. The summed E-state index contributed by atoms with van der Waals surface area (Å²) < 4.78 is 0. The van der Waals surface area contributed by atoms with Gasteiger partial charge in [0.05, 0.1) is 66.6 Å². The van der Waals surface area contributed by atoms with Gasteiger partial charge in [0.15, 0.2) is 0 Å². The van der Waals surface area contributed by atoms with E-state index in [0.29, 0.717) is 48.6 Å². The Bertz CT molecular complexity index is 4910. The maximum atomic E-state index is 13.9. The van der Waals surface area contributed by atoms with Crippen molar-refractivity contribution in [1.29, 1.82) is 0 Å². The lowest BCUT2D eigenvalue weighted by Crippen LogP contribution is -2.57. The zero-order valence-electron chi connectivity index (χ0n) is 65.7. The number of aliphatic hydroxyl groups excluding tert-OH is 3. The molecule has 594 valence electrons. The van der Waals surface area contributed by atoms with E-state index in [4.69, 9.17) is 11.6 Å². The Morgan fingerprint density at radius 3 is 1.51 bits per heavy atom. The van der Waals surface area contributed by atoms with E-state index in [1.54, 1.807) is 68.1 Å². The number of β-amino-alcohol motifs (C(OH)–C–C–N with tert-alkyl or cyclic N) is 3. The number of hydrogen-bond acceptors (Lipinski definition) is 17. The Labute approximate surface area is 677 Å². The highest BCUT2D eigenvalue weighted by Gasteiger charge is 2.52. The summed E-state index contributed by atoms with van der Waals surface area (Å²) in [5.74, 6) is -2.46. The second-order valence-corrected chi connectivity index (χ2v) is 34.1. The quantitative estimate of drug-likeness (QED) is 0.0332. The number of fused-ring (bicyclic) bond motifs is 1. The van der Waals surface area contributed by atoms with Gasteiger partial charge < -0.3 is 56.2 Å². The number of halogens is 1. The van der Waals surface area contributed by atoms with E-state index in [9.17, 15) is 53.7 Å². The molecule has 4 aliphatic heterocycles. The molecular formula is C87H100ClN11O11S3. The predicted molar refractivity (Wildman–Crippen MR) is 441 cm³/mol. The number of aromatic nitrogens is 3. The molecule has 3 saturated heterocycles. The number of aliphatic hydroxyl groups is 3. The fraction of sp³-hybridized carbons (Fsp3) is 0.391. The van der Waals surface area contributed by atoms with Crippen LogP contribution in [0.2, 0.25) is 5.02 Å². The zero-order chi connectivity index (χ0) is 81.2. The van der Waals surface area contributed by atoms with E-state index in [2.05, 4.69) is 36.2 Å². The first kappa shape index (κ1) is 84.1. The summed E-state index contributed by atoms with van der Waals surface area (Å²) >= 11 is 10.9. The first-order chi connectivity index (χ1) is 53.9. The van der Waals surface area contributed by atoms with E-state index < -0.39 is 53.4 Å². The highest BCUT2D eigenvalue weighted by molar-refractivity contribution is 7.14. The van der Waals surface area contributed by atoms with E-state index in [1.165, 1.54) is 9.80 Å². The number of carbonyl (C=O) groups is 8. The highest BCUT2D eigenvalue weighted by Crippen LogP contribution is 2.38. The summed E-state index contributed by atoms with van der Waals surface area (Å²) in [6, 6.07) is 41.1. The fourth-order valence-corrected chi connectivity index (χ4v) is 17.8. The molecule has 113 heavy (non-hydrogen) atoms. The number of amides is 8. The predicted octanol–water partition coefficient (Wildman–Crippen LogP) is 12.3. The van der Waals surface area contributed by atoms with Gasteiger partial charge in [-0.2, -0.15) is 0 Å². The number of benzene rings is 6. The van der Waals surface area contributed by atoms with Gasteiger partial charge in [-0.1, -0.05) is 173 Å². The van der Waals surface area contributed by atoms with Crippen molar-refractivity contribution in [1.82, 2.24) is 55.8 Å². The lowest BCUT2D eigenvalue weighted by atomic mass is 9.85. The van der Waals surface area contributed by atoms with Gasteiger partial charge in [0, 0.05) is 87.6 Å². The molecule has 0 spiro atoms. The van der Waals surface area contributed by atoms with Crippen LogP contribution in [0.4, 0.5) is 0 Å². The van der Waals surface area contributed by atoms with Crippen molar-refractivity contribution >= 4 is 92.9 Å². The topological polar surface area (TPSA) is 297 Å². The van der Waals surface area contributed by atoms with Gasteiger partial charge in [-0.15, -0.1) is 34.0 Å². The molecule has 3 aromatic heterocycles. The summed E-state index contributed by atoms with van der Waals surface area (Å²) in [7, 11) is 0. The minimum absolute atomic E-state index is 0.0455. The van der Waals surface area contributed by atoms with Crippen LogP contribution in [0.1, 0.15) is 150 Å². The van der Waals surface area contributed by atoms with Crippen LogP contribution < -0.4 is 21.3 Å². The molecule has 0 bridgehead atoms. The van der Waals surface area contributed by atoms with Crippen molar-refractivity contribution in [3.8, 4) is 31.3 Å². The molecule has 9 aromatic rings. The normalized spacial score (nSPS) is 19.0. The first-order valence-electron chi connectivity index (χ1n) is 38.2. The number of rotatable bonds is 22. The summed E-state index contributed by atoms with van der Waals surface area (Å²) in [4.78, 5) is 129. The number of nitrogens with zero attached hydrogens (tertiary/aromatic N) is 7. The lowest BCUT2D eigenvalue weighted by molar-refractivity contribution is -0.144. The van der Waals surface area contributed by atoms with E-state index in [1.807, 2.05) is 208 Å². The molecule has 22 nitrogen and oxygen atoms in total. The van der Waals surface area contributed by atoms with Crippen molar-refractivity contribution in [2.75, 3.05) is 19.6 Å². The molecule has 8 amide bonds.